The summed E-state index contributed by atoms with van der Waals surface area (Å²) in [5, 5.41) is 7.30. The molecule has 2 aromatic rings. The van der Waals surface area contributed by atoms with Gasteiger partial charge >= 0.3 is 0 Å². The summed E-state index contributed by atoms with van der Waals surface area (Å²) in [7, 11) is 0. The van der Waals surface area contributed by atoms with E-state index in [-0.39, 0.29) is 17.9 Å². The van der Waals surface area contributed by atoms with Gasteiger partial charge in [0.05, 0.1) is 4.88 Å². The van der Waals surface area contributed by atoms with Crippen LogP contribution in [0.1, 0.15) is 53.5 Å². The zero-order chi connectivity index (χ0) is 18.4. The van der Waals surface area contributed by atoms with E-state index in [2.05, 4.69) is 36.6 Å². The first-order valence-electron chi connectivity index (χ1n) is 8.36. The molecule has 2 unspecified atom stereocenters. The molecule has 2 amide bonds. The molecule has 1 heterocycles. The van der Waals surface area contributed by atoms with E-state index in [9.17, 15) is 9.59 Å². The van der Waals surface area contributed by atoms with Crippen molar-refractivity contribution in [2.45, 2.75) is 38.8 Å². The second kappa shape index (κ2) is 8.78. The largest absolute Gasteiger partial charge is 0.352 e. The molecule has 0 aliphatic rings. The lowest BCUT2D eigenvalue weighted by atomic mass is 9.99. The second-order valence-electron chi connectivity index (χ2n) is 6.35. The highest BCUT2D eigenvalue weighted by Gasteiger charge is 2.18. The van der Waals surface area contributed by atoms with E-state index in [0.717, 1.165) is 5.56 Å². The Balaban J connectivity index is 1.82. The van der Waals surface area contributed by atoms with Crippen molar-refractivity contribution in [1.82, 2.24) is 10.6 Å². The summed E-state index contributed by atoms with van der Waals surface area (Å²) in [4.78, 5) is 24.7. The van der Waals surface area contributed by atoms with Gasteiger partial charge in [-0.05, 0) is 35.4 Å². The zero-order valence-corrected chi connectivity index (χ0v) is 15.6. The maximum Gasteiger partial charge on any atom is 0.261 e. The number of benzene rings is 1. The van der Waals surface area contributed by atoms with Crippen molar-refractivity contribution in [3.63, 3.8) is 0 Å². The van der Waals surface area contributed by atoms with Crippen LogP contribution in [0, 0.1) is 0 Å². The lowest BCUT2D eigenvalue weighted by molar-refractivity contribution is -0.122. The quantitative estimate of drug-likeness (QED) is 0.711. The molecule has 1 aromatic heterocycles. The van der Waals surface area contributed by atoms with Gasteiger partial charge in [0.1, 0.15) is 6.04 Å². The topological polar surface area (TPSA) is 84.2 Å². The Bertz CT molecular complexity index is 696. The van der Waals surface area contributed by atoms with Gasteiger partial charge in [0.2, 0.25) is 5.91 Å². The van der Waals surface area contributed by atoms with Crippen LogP contribution in [-0.2, 0) is 4.79 Å². The summed E-state index contributed by atoms with van der Waals surface area (Å²) < 4.78 is 0. The molecule has 2 rings (SSSR count). The van der Waals surface area contributed by atoms with Gasteiger partial charge in [0.25, 0.3) is 5.91 Å². The number of carbonyl (C=O) groups is 2. The number of thiophene rings is 1. The van der Waals surface area contributed by atoms with Gasteiger partial charge in [0, 0.05) is 12.6 Å². The van der Waals surface area contributed by atoms with Crippen LogP contribution in [0.5, 0.6) is 0 Å². The maximum absolute atomic E-state index is 12.1. The molecule has 0 spiro atoms. The second-order valence-corrected chi connectivity index (χ2v) is 7.29. The number of nitrogens with two attached hydrogens (primary N) is 1. The zero-order valence-electron chi connectivity index (χ0n) is 14.8. The summed E-state index contributed by atoms with van der Waals surface area (Å²) in [6.45, 7) is 6.25. The maximum atomic E-state index is 12.1. The molecule has 0 saturated carbocycles. The molecular weight excluding hydrogens is 334 g/mol. The van der Waals surface area contributed by atoms with Gasteiger partial charge in [-0.1, -0.05) is 44.2 Å². The van der Waals surface area contributed by atoms with Crippen molar-refractivity contribution in [3.05, 3.63) is 57.8 Å². The molecule has 0 aliphatic heterocycles. The SMILES string of the molecule is CC(NC(=O)c1cccs1)C(=O)NCC(N)c1ccc(C(C)C)cc1. The Morgan fingerprint density at radius 3 is 2.28 bits per heavy atom. The van der Waals surface area contributed by atoms with E-state index in [4.69, 9.17) is 5.73 Å². The molecule has 25 heavy (non-hydrogen) atoms. The van der Waals surface area contributed by atoms with Crippen molar-refractivity contribution >= 4 is 23.2 Å². The summed E-state index contributed by atoms with van der Waals surface area (Å²) in [5.74, 6) is -0.0248. The number of hydrogen-bond donors (Lipinski definition) is 3. The molecule has 0 bridgehead atoms. The molecule has 6 heteroatoms. The number of nitrogens with one attached hydrogen (secondary N) is 2. The number of amides is 2. The first-order valence-corrected chi connectivity index (χ1v) is 9.24. The molecule has 1 aromatic carbocycles. The van der Waals surface area contributed by atoms with Gasteiger partial charge in [0.15, 0.2) is 0 Å². The predicted molar refractivity (Wildman–Crippen MR) is 102 cm³/mol. The van der Waals surface area contributed by atoms with Crippen LogP contribution in [0.2, 0.25) is 0 Å². The van der Waals surface area contributed by atoms with Crippen LogP contribution in [0.25, 0.3) is 0 Å². The average Bonchev–Trinajstić information content (AvgIpc) is 3.14. The van der Waals surface area contributed by atoms with Crippen LogP contribution < -0.4 is 16.4 Å². The molecule has 4 N–H and O–H groups in total. The minimum atomic E-state index is -0.620. The Hall–Kier alpha value is -2.18. The lowest BCUT2D eigenvalue weighted by Gasteiger charge is -2.17. The van der Waals surface area contributed by atoms with E-state index in [1.165, 1.54) is 16.9 Å². The van der Waals surface area contributed by atoms with Crippen LogP contribution in [0.3, 0.4) is 0 Å². The van der Waals surface area contributed by atoms with Gasteiger partial charge in [-0.25, -0.2) is 0 Å². The number of carbonyl (C=O) groups excluding carboxylic acids is 2. The van der Waals surface area contributed by atoms with E-state index < -0.39 is 6.04 Å². The van der Waals surface area contributed by atoms with Crippen LogP contribution >= 0.6 is 11.3 Å². The van der Waals surface area contributed by atoms with Gasteiger partial charge in [-0.3, -0.25) is 9.59 Å². The molecule has 2 atom stereocenters. The van der Waals surface area contributed by atoms with Crippen molar-refractivity contribution in [3.8, 4) is 0 Å². The fraction of sp³-hybridized carbons (Fsp3) is 0.368. The molecule has 134 valence electrons. The summed E-state index contributed by atoms with van der Waals surface area (Å²) in [6.07, 6.45) is 0. The minimum Gasteiger partial charge on any atom is -0.352 e. The van der Waals surface area contributed by atoms with Gasteiger partial charge < -0.3 is 16.4 Å². The third-order valence-electron chi connectivity index (χ3n) is 4.01. The molecule has 0 fully saturated rings. The fourth-order valence-corrected chi connectivity index (χ4v) is 2.98. The highest BCUT2D eigenvalue weighted by atomic mass is 32.1. The van der Waals surface area contributed by atoms with Crippen LogP contribution in [-0.4, -0.2) is 24.4 Å². The van der Waals surface area contributed by atoms with Crippen LogP contribution in [0.4, 0.5) is 0 Å². The highest BCUT2D eigenvalue weighted by Crippen LogP contribution is 2.17. The van der Waals surface area contributed by atoms with E-state index in [1.54, 1.807) is 19.1 Å². The number of rotatable bonds is 7. The third-order valence-corrected chi connectivity index (χ3v) is 4.88. The number of hydrogen-bond acceptors (Lipinski definition) is 4. The monoisotopic (exact) mass is 359 g/mol. The van der Waals surface area contributed by atoms with Gasteiger partial charge in [-0.15, -0.1) is 11.3 Å². The van der Waals surface area contributed by atoms with Crippen molar-refractivity contribution in [2.75, 3.05) is 6.54 Å². The van der Waals surface area contributed by atoms with E-state index in [0.29, 0.717) is 17.3 Å². The Morgan fingerprint density at radius 2 is 1.72 bits per heavy atom. The third kappa shape index (κ3) is 5.41. The summed E-state index contributed by atoms with van der Waals surface area (Å²) in [6, 6.07) is 10.7. The minimum absolute atomic E-state index is 0.244. The first kappa shape index (κ1) is 19.1. The molecular formula is C19H25N3O2S. The summed E-state index contributed by atoms with van der Waals surface area (Å²) in [5.41, 5.74) is 8.37. The molecule has 0 aliphatic carbocycles. The van der Waals surface area contributed by atoms with E-state index >= 15 is 0 Å². The standard InChI is InChI=1S/C19H25N3O2S/c1-12(2)14-6-8-15(9-7-14)16(20)11-21-18(23)13(3)22-19(24)17-5-4-10-25-17/h4-10,12-13,16H,11,20H2,1-3H3,(H,21,23)(H,22,24). The Kier molecular flexibility index (Phi) is 6.73. The first-order chi connectivity index (χ1) is 11.9. The lowest BCUT2D eigenvalue weighted by Crippen LogP contribution is -2.46. The van der Waals surface area contributed by atoms with E-state index in [1.807, 2.05) is 17.5 Å². The Morgan fingerprint density at radius 1 is 1.08 bits per heavy atom. The average molecular weight is 359 g/mol. The molecule has 0 radical (unpaired) electrons. The van der Waals surface area contributed by atoms with Crippen molar-refractivity contribution < 1.29 is 9.59 Å². The van der Waals surface area contributed by atoms with Gasteiger partial charge in [-0.2, -0.15) is 0 Å². The van der Waals surface area contributed by atoms with Crippen molar-refractivity contribution in [1.29, 1.82) is 0 Å². The fourth-order valence-electron chi connectivity index (χ4n) is 2.35. The smallest absolute Gasteiger partial charge is 0.261 e. The van der Waals surface area contributed by atoms with Crippen molar-refractivity contribution in [2.24, 2.45) is 5.73 Å². The normalized spacial score (nSPS) is 13.3. The molecule has 5 nitrogen and oxygen atoms in total. The molecule has 0 saturated heterocycles. The van der Waals surface area contributed by atoms with Crippen LogP contribution in [0.15, 0.2) is 41.8 Å². The predicted octanol–water partition coefficient (Wildman–Crippen LogP) is 2.81. The summed E-state index contributed by atoms with van der Waals surface area (Å²) >= 11 is 1.34. The Labute approximate surface area is 152 Å². The highest BCUT2D eigenvalue weighted by molar-refractivity contribution is 7.12.